The van der Waals surface area contributed by atoms with E-state index in [2.05, 4.69) is 23.2 Å². The van der Waals surface area contributed by atoms with Gasteiger partial charge in [-0.05, 0) is 53.6 Å². The fourth-order valence-electron chi connectivity index (χ4n) is 4.75. The second-order valence-electron chi connectivity index (χ2n) is 8.85. The summed E-state index contributed by atoms with van der Waals surface area (Å²) < 4.78 is 18.2. The van der Waals surface area contributed by atoms with E-state index in [4.69, 9.17) is 30.9 Å². The minimum Gasteiger partial charge on any atom is -0.493 e. The molecule has 6 heteroatoms. The summed E-state index contributed by atoms with van der Waals surface area (Å²) in [6, 6.07) is 32.1. The molecular weight excluding hydrogens is 472 g/mol. The lowest BCUT2D eigenvalue weighted by atomic mass is 9.95. The summed E-state index contributed by atoms with van der Waals surface area (Å²) in [6.45, 7) is 0.472. The molecule has 4 aromatic rings. The van der Waals surface area contributed by atoms with Gasteiger partial charge in [-0.2, -0.15) is 5.10 Å². The van der Waals surface area contributed by atoms with E-state index >= 15 is 0 Å². The molecule has 4 aromatic carbocycles. The summed E-state index contributed by atoms with van der Waals surface area (Å²) in [6.07, 6.45) is 0.414. The maximum absolute atomic E-state index is 6.56. The molecule has 0 amide bonds. The van der Waals surface area contributed by atoms with Crippen molar-refractivity contribution in [3.8, 4) is 17.2 Å². The van der Waals surface area contributed by atoms with Crippen molar-refractivity contribution in [1.29, 1.82) is 0 Å². The zero-order valence-corrected chi connectivity index (χ0v) is 20.6. The van der Waals surface area contributed by atoms with Crippen molar-refractivity contribution in [2.45, 2.75) is 25.3 Å². The van der Waals surface area contributed by atoms with Gasteiger partial charge in [-0.25, -0.2) is 5.01 Å². The van der Waals surface area contributed by atoms with Gasteiger partial charge < -0.3 is 14.2 Å². The highest BCUT2D eigenvalue weighted by molar-refractivity contribution is 6.30. The summed E-state index contributed by atoms with van der Waals surface area (Å²) in [5.41, 5.74) is 5.32. The van der Waals surface area contributed by atoms with Gasteiger partial charge >= 0.3 is 0 Å². The molecule has 0 saturated carbocycles. The maximum Gasteiger partial charge on any atom is 0.214 e. The van der Waals surface area contributed by atoms with E-state index in [-0.39, 0.29) is 12.3 Å². The second-order valence-corrected chi connectivity index (χ2v) is 9.28. The largest absolute Gasteiger partial charge is 0.493 e. The number of methoxy groups -OCH3 is 1. The molecule has 2 aliphatic rings. The first-order chi connectivity index (χ1) is 17.7. The summed E-state index contributed by atoms with van der Waals surface area (Å²) in [7, 11) is 1.67. The monoisotopic (exact) mass is 496 g/mol. The van der Waals surface area contributed by atoms with E-state index in [1.165, 1.54) is 0 Å². The fourth-order valence-corrected chi connectivity index (χ4v) is 4.87. The van der Waals surface area contributed by atoms with E-state index in [1.807, 2.05) is 78.9 Å². The van der Waals surface area contributed by atoms with Gasteiger partial charge in [0.05, 0.1) is 18.9 Å². The topological polar surface area (TPSA) is 43.3 Å². The van der Waals surface area contributed by atoms with Crippen LogP contribution in [0.1, 0.15) is 40.9 Å². The fraction of sp³-hybridized carbons (Fsp3) is 0.167. The van der Waals surface area contributed by atoms with Crippen LogP contribution < -0.4 is 14.2 Å². The number of fused-ring (bicyclic) bond motifs is 3. The van der Waals surface area contributed by atoms with Crippen LogP contribution in [0.15, 0.2) is 102 Å². The molecule has 0 N–H and O–H groups in total. The molecule has 6 rings (SSSR count). The van der Waals surface area contributed by atoms with E-state index in [1.54, 1.807) is 7.11 Å². The normalized spacial score (nSPS) is 18.1. The van der Waals surface area contributed by atoms with Crippen molar-refractivity contribution in [3.63, 3.8) is 0 Å². The minimum atomic E-state index is -0.384. The van der Waals surface area contributed by atoms with Crippen molar-refractivity contribution < 1.29 is 14.2 Å². The van der Waals surface area contributed by atoms with Crippen LogP contribution in [0.25, 0.3) is 0 Å². The lowest BCUT2D eigenvalue weighted by Crippen LogP contribution is -2.33. The van der Waals surface area contributed by atoms with Crippen LogP contribution in [0.2, 0.25) is 5.02 Å². The number of rotatable bonds is 6. The Morgan fingerprint density at radius 1 is 0.917 bits per heavy atom. The molecule has 2 atom stereocenters. The summed E-state index contributed by atoms with van der Waals surface area (Å²) >= 11 is 5.98. The zero-order chi connectivity index (χ0) is 24.5. The molecule has 5 nitrogen and oxygen atoms in total. The third kappa shape index (κ3) is 4.27. The van der Waals surface area contributed by atoms with E-state index in [9.17, 15) is 0 Å². The Bertz CT molecular complexity index is 1390. The summed E-state index contributed by atoms with van der Waals surface area (Å²) in [5, 5.41) is 7.83. The van der Waals surface area contributed by atoms with Crippen molar-refractivity contribution >= 4 is 17.3 Å². The molecule has 2 aliphatic heterocycles. The first-order valence-corrected chi connectivity index (χ1v) is 12.3. The first-order valence-electron chi connectivity index (χ1n) is 11.9. The Labute approximate surface area is 215 Å². The van der Waals surface area contributed by atoms with Crippen molar-refractivity contribution in [2.24, 2.45) is 5.10 Å². The van der Waals surface area contributed by atoms with Crippen molar-refractivity contribution in [2.75, 3.05) is 7.11 Å². The van der Waals surface area contributed by atoms with Crippen LogP contribution in [0.3, 0.4) is 0 Å². The zero-order valence-electron chi connectivity index (χ0n) is 19.8. The summed E-state index contributed by atoms with van der Waals surface area (Å²) in [5.74, 6) is 2.29. The predicted molar refractivity (Wildman–Crippen MR) is 141 cm³/mol. The minimum absolute atomic E-state index is 0.0601. The standard InChI is InChI=1S/C30H25ClN2O3/c1-34-28-9-5-8-25-27-18-26(21-6-3-2-4-7-21)32-33(27)30(36-29(25)28)22-12-16-24(17-13-22)35-19-20-10-14-23(31)15-11-20/h2-17,27,30H,18-19H2,1H3/t27-,30-/m1/s1. The number of nitrogens with zero attached hydrogens (tertiary/aromatic N) is 2. The Hall–Kier alpha value is -3.96. The van der Waals surface area contributed by atoms with Crippen molar-refractivity contribution in [3.05, 3.63) is 124 Å². The van der Waals surface area contributed by atoms with E-state index in [0.717, 1.165) is 51.6 Å². The predicted octanol–water partition coefficient (Wildman–Crippen LogP) is 7.17. The van der Waals surface area contributed by atoms with Crippen LogP contribution in [0.4, 0.5) is 0 Å². The third-order valence-corrected chi connectivity index (χ3v) is 6.84. The number of halogens is 1. The SMILES string of the molecule is COc1cccc2c1O[C@H](c1ccc(OCc3ccc(Cl)cc3)cc1)N1N=C(c3ccccc3)C[C@H]21. The smallest absolute Gasteiger partial charge is 0.214 e. The van der Waals surface area contributed by atoms with E-state index in [0.29, 0.717) is 11.6 Å². The molecule has 0 unspecified atom stereocenters. The van der Waals surface area contributed by atoms with Crippen LogP contribution >= 0.6 is 11.6 Å². The highest BCUT2D eigenvalue weighted by Crippen LogP contribution is 2.50. The van der Waals surface area contributed by atoms with Gasteiger partial charge in [-0.15, -0.1) is 0 Å². The van der Waals surface area contributed by atoms with Gasteiger partial charge in [0.15, 0.2) is 11.5 Å². The van der Waals surface area contributed by atoms with Gasteiger partial charge in [0.25, 0.3) is 0 Å². The Morgan fingerprint density at radius 3 is 2.44 bits per heavy atom. The molecule has 36 heavy (non-hydrogen) atoms. The first kappa shape index (κ1) is 22.5. The molecule has 0 radical (unpaired) electrons. The van der Waals surface area contributed by atoms with Crippen LogP contribution in [0.5, 0.6) is 17.2 Å². The van der Waals surface area contributed by atoms with Gasteiger partial charge in [0, 0.05) is 22.6 Å². The molecule has 0 bridgehead atoms. The molecule has 180 valence electrons. The highest BCUT2D eigenvalue weighted by Gasteiger charge is 2.42. The van der Waals surface area contributed by atoms with Crippen LogP contribution in [-0.4, -0.2) is 17.8 Å². The second kappa shape index (κ2) is 9.59. The summed E-state index contributed by atoms with van der Waals surface area (Å²) in [4.78, 5) is 0. The molecular formula is C30H25ClN2O3. The molecule has 0 fully saturated rings. The number of hydrogen-bond donors (Lipinski definition) is 0. The Morgan fingerprint density at radius 2 is 1.69 bits per heavy atom. The van der Waals surface area contributed by atoms with Crippen LogP contribution in [0, 0.1) is 0 Å². The lowest BCUT2D eigenvalue weighted by Gasteiger charge is -2.38. The van der Waals surface area contributed by atoms with Gasteiger partial charge in [0.2, 0.25) is 6.23 Å². The number of hydrazone groups is 1. The van der Waals surface area contributed by atoms with Gasteiger partial charge in [-0.1, -0.05) is 66.2 Å². The molecule has 0 spiro atoms. The third-order valence-electron chi connectivity index (χ3n) is 6.59. The van der Waals surface area contributed by atoms with Gasteiger partial charge in [0.1, 0.15) is 12.4 Å². The van der Waals surface area contributed by atoms with Crippen LogP contribution in [-0.2, 0) is 6.61 Å². The molecule has 2 heterocycles. The Balaban J connectivity index is 1.29. The Kier molecular flexibility index (Phi) is 5.99. The average molecular weight is 497 g/mol. The maximum atomic E-state index is 6.56. The quantitative estimate of drug-likeness (QED) is 0.284. The molecule has 0 saturated heterocycles. The lowest BCUT2D eigenvalue weighted by molar-refractivity contribution is -0.0209. The number of ether oxygens (including phenoxy) is 3. The number of hydrogen-bond acceptors (Lipinski definition) is 5. The van der Waals surface area contributed by atoms with Gasteiger partial charge in [-0.3, -0.25) is 0 Å². The number of benzene rings is 4. The average Bonchev–Trinajstić information content (AvgIpc) is 3.39. The van der Waals surface area contributed by atoms with E-state index < -0.39 is 0 Å². The number of para-hydroxylation sites is 1. The molecule has 0 aromatic heterocycles. The van der Waals surface area contributed by atoms with Crippen molar-refractivity contribution in [1.82, 2.24) is 5.01 Å². The highest BCUT2D eigenvalue weighted by atomic mass is 35.5. The molecule has 0 aliphatic carbocycles.